The van der Waals surface area contributed by atoms with Crippen molar-refractivity contribution < 1.29 is 14.3 Å². The number of pyridine rings is 1. The van der Waals surface area contributed by atoms with Gasteiger partial charge in [0.2, 0.25) is 17.7 Å². The molecular weight excluding hydrogens is 318 g/mol. The van der Waals surface area contributed by atoms with E-state index in [2.05, 4.69) is 10.3 Å². The first-order chi connectivity index (χ1) is 12.1. The van der Waals surface area contributed by atoms with Crippen molar-refractivity contribution in [2.24, 2.45) is 0 Å². The molecule has 1 aliphatic heterocycles. The van der Waals surface area contributed by atoms with Crippen molar-refractivity contribution in [1.29, 1.82) is 0 Å². The third-order valence-corrected chi connectivity index (χ3v) is 4.20. The van der Waals surface area contributed by atoms with Crippen LogP contribution in [0.5, 0.6) is 5.88 Å². The van der Waals surface area contributed by atoms with Crippen LogP contribution in [0.15, 0.2) is 42.6 Å². The number of hydrogen-bond acceptors (Lipinski definition) is 4. The summed E-state index contributed by atoms with van der Waals surface area (Å²) in [5.41, 5.74) is 2.63. The minimum atomic E-state index is -0.526. The molecule has 2 amide bonds. The van der Waals surface area contributed by atoms with Crippen LogP contribution in [0.1, 0.15) is 25.0 Å². The smallest absolute Gasteiger partial charge is 0.243 e. The highest BCUT2D eigenvalue weighted by molar-refractivity contribution is 6.02. The number of anilines is 1. The van der Waals surface area contributed by atoms with E-state index in [-0.39, 0.29) is 11.8 Å². The van der Waals surface area contributed by atoms with Gasteiger partial charge in [-0.15, -0.1) is 0 Å². The van der Waals surface area contributed by atoms with Gasteiger partial charge < -0.3 is 10.1 Å². The Morgan fingerprint density at radius 3 is 2.84 bits per heavy atom. The second-order valence-corrected chi connectivity index (χ2v) is 5.86. The maximum absolute atomic E-state index is 12.7. The second-order valence-electron chi connectivity index (χ2n) is 5.86. The maximum Gasteiger partial charge on any atom is 0.243 e. The number of carbonyl (C=O) groups is 2. The predicted molar refractivity (Wildman–Crippen MR) is 94.3 cm³/mol. The minimum Gasteiger partial charge on any atom is -0.478 e. The van der Waals surface area contributed by atoms with Crippen molar-refractivity contribution >= 4 is 17.5 Å². The van der Waals surface area contributed by atoms with Crippen molar-refractivity contribution in [3.8, 4) is 5.88 Å². The Labute approximate surface area is 146 Å². The SMILES string of the molecule is CCOc1ncccc1CNC(=O)[C@@H]1Cc2ccccc2N1C(C)=O. The lowest BCUT2D eigenvalue weighted by atomic mass is 10.1. The largest absolute Gasteiger partial charge is 0.478 e. The molecule has 0 saturated heterocycles. The number of hydrogen-bond donors (Lipinski definition) is 1. The van der Waals surface area contributed by atoms with E-state index in [0.717, 1.165) is 16.8 Å². The van der Waals surface area contributed by atoms with Crippen LogP contribution in [-0.2, 0) is 22.6 Å². The molecule has 25 heavy (non-hydrogen) atoms. The number of nitrogens with zero attached hydrogens (tertiary/aromatic N) is 2. The van der Waals surface area contributed by atoms with E-state index in [1.807, 2.05) is 37.3 Å². The number of nitrogens with one attached hydrogen (secondary N) is 1. The van der Waals surface area contributed by atoms with Gasteiger partial charge in [0.05, 0.1) is 6.61 Å². The zero-order valence-electron chi connectivity index (χ0n) is 14.4. The average molecular weight is 339 g/mol. The first-order valence-electron chi connectivity index (χ1n) is 8.34. The average Bonchev–Trinajstić information content (AvgIpc) is 3.01. The van der Waals surface area contributed by atoms with Crippen molar-refractivity contribution in [2.45, 2.75) is 32.9 Å². The Balaban J connectivity index is 1.73. The monoisotopic (exact) mass is 339 g/mol. The molecule has 0 aliphatic carbocycles. The molecule has 1 N–H and O–H groups in total. The number of fused-ring (bicyclic) bond motifs is 1. The summed E-state index contributed by atoms with van der Waals surface area (Å²) in [6.45, 7) is 4.18. The summed E-state index contributed by atoms with van der Waals surface area (Å²) in [5.74, 6) is 0.197. The number of carbonyl (C=O) groups excluding carboxylic acids is 2. The van der Waals surface area contributed by atoms with Gasteiger partial charge in [0.1, 0.15) is 6.04 Å². The zero-order valence-corrected chi connectivity index (χ0v) is 14.4. The highest BCUT2D eigenvalue weighted by atomic mass is 16.5. The predicted octanol–water partition coefficient (Wildman–Crippen LogP) is 2.07. The molecule has 3 rings (SSSR count). The molecule has 1 aliphatic rings. The normalized spacial score (nSPS) is 15.6. The van der Waals surface area contributed by atoms with E-state index >= 15 is 0 Å². The molecule has 0 spiro atoms. The Kier molecular flexibility index (Phi) is 4.97. The summed E-state index contributed by atoms with van der Waals surface area (Å²) in [7, 11) is 0. The third-order valence-electron chi connectivity index (χ3n) is 4.20. The first-order valence-corrected chi connectivity index (χ1v) is 8.34. The van der Waals surface area contributed by atoms with Crippen LogP contribution < -0.4 is 15.0 Å². The lowest BCUT2D eigenvalue weighted by molar-refractivity contribution is -0.125. The van der Waals surface area contributed by atoms with Gasteiger partial charge in [-0.25, -0.2) is 4.98 Å². The Hall–Kier alpha value is -2.89. The van der Waals surface area contributed by atoms with Crippen molar-refractivity contribution in [3.63, 3.8) is 0 Å². The molecule has 130 valence electrons. The van der Waals surface area contributed by atoms with Gasteiger partial charge in [-0.1, -0.05) is 24.3 Å². The van der Waals surface area contributed by atoms with E-state index in [1.165, 1.54) is 6.92 Å². The van der Waals surface area contributed by atoms with Crippen LogP contribution in [-0.4, -0.2) is 29.4 Å². The van der Waals surface area contributed by atoms with Gasteiger partial charge in [0.15, 0.2) is 0 Å². The van der Waals surface area contributed by atoms with Gasteiger partial charge in [-0.05, 0) is 24.6 Å². The summed E-state index contributed by atoms with van der Waals surface area (Å²) in [6.07, 6.45) is 2.17. The van der Waals surface area contributed by atoms with Crippen LogP contribution in [0.25, 0.3) is 0 Å². The van der Waals surface area contributed by atoms with Crippen LogP contribution >= 0.6 is 0 Å². The zero-order chi connectivity index (χ0) is 17.8. The molecule has 1 aromatic heterocycles. The van der Waals surface area contributed by atoms with Crippen LogP contribution in [0, 0.1) is 0 Å². The summed E-state index contributed by atoms with van der Waals surface area (Å²) < 4.78 is 5.48. The quantitative estimate of drug-likeness (QED) is 0.905. The standard InChI is InChI=1S/C19H21N3O3/c1-3-25-19-15(8-6-10-20-19)12-21-18(24)17-11-14-7-4-5-9-16(14)22(17)13(2)23/h4-10,17H,3,11-12H2,1-2H3,(H,21,24)/t17-/m0/s1. The number of para-hydroxylation sites is 1. The third kappa shape index (κ3) is 3.47. The summed E-state index contributed by atoms with van der Waals surface area (Å²) >= 11 is 0. The molecule has 0 unspecified atom stereocenters. The van der Waals surface area contributed by atoms with E-state index in [1.54, 1.807) is 17.2 Å². The first kappa shape index (κ1) is 17.0. The molecule has 1 atom stereocenters. The molecule has 2 heterocycles. The maximum atomic E-state index is 12.7. The number of amides is 2. The molecule has 0 fully saturated rings. The highest BCUT2D eigenvalue weighted by Crippen LogP contribution is 2.32. The van der Waals surface area contributed by atoms with Gasteiger partial charge in [0.25, 0.3) is 0 Å². The van der Waals surface area contributed by atoms with Crippen LogP contribution in [0.3, 0.4) is 0 Å². The molecule has 0 saturated carbocycles. The Morgan fingerprint density at radius 1 is 1.28 bits per heavy atom. The van der Waals surface area contributed by atoms with Gasteiger partial charge in [-0.3, -0.25) is 14.5 Å². The topological polar surface area (TPSA) is 71.5 Å². The summed E-state index contributed by atoms with van der Waals surface area (Å²) in [4.78, 5) is 30.5. The molecule has 1 aromatic carbocycles. The van der Waals surface area contributed by atoms with Gasteiger partial charge in [-0.2, -0.15) is 0 Å². The van der Waals surface area contributed by atoms with Crippen LogP contribution in [0.2, 0.25) is 0 Å². The van der Waals surface area contributed by atoms with E-state index < -0.39 is 6.04 Å². The molecule has 6 nitrogen and oxygen atoms in total. The van der Waals surface area contributed by atoms with Crippen molar-refractivity contribution in [2.75, 3.05) is 11.5 Å². The fraction of sp³-hybridized carbons (Fsp3) is 0.316. The van der Waals surface area contributed by atoms with E-state index in [0.29, 0.717) is 25.5 Å². The van der Waals surface area contributed by atoms with Gasteiger partial charge in [0, 0.05) is 37.3 Å². The number of rotatable bonds is 5. The van der Waals surface area contributed by atoms with Crippen molar-refractivity contribution in [1.82, 2.24) is 10.3 Å². The van der Waals surface area contributed by atoms with E-state index in [4.69, 9.17) is 4.74 Å². The molecule has 0 radical (unpaired) electrons. The lowest BCUT2D eigenvalue weighted by Gasteiger charge is -2.23. The molecule has 0 bridgehead atoms. The van der Waals surface area contributed by atoms with E-state index in [9.17, 15) is 9.59 Å². The fourth-order valence-corrected chi connectivity index (χ4v) is 3.11. The Bertz CT molecular complexity index is 791. The lowest BCUT2D eigenvalue weighted by Crippen LogP contribution is -2.47. The summed E-state index contributed by atoms with van der Waals surface area (Å²) in [5, 5.41) is 2.91. The summed E-state index contributed by atoms with van der Waals surface area (Å²) in [6, 6.07) is 10.8. The van der Waals surface area contributed by atoms with Crippen LogP contribution in [0.4, 0.5) is 5.69 Å². The minimum absolute atomic E-state index is 0.138. The fourth-order valence-electron chi connectivity index (χ4n) is 3.11. The second kappa shape index (κ2) is 7.34. The number of benzene rings is 1. The molecular formula is C19H21N3O3. The highest BCUT2D eigenvalue weighted by Gasteiger charge is 2.36. The van der Waals surface area contributed by atoms with Crippen molar-refractivity contribution in [3.05, 3.63) is 53.7 Å². The molecule has 2 aromatic rings. The Morgan fingerprint density at radius 2 is 2.08 bits per heavy atom. The van der Waals surface area contributed by atoms with Gasteiger partial charge >= 0.3 is 0 Å². The molecule has 6 heteroatoms. The number of ether oxygens (including phenoxy) is 1. The number of aromatic nitrogens is 1.